The van der Waals surface area contributed by atoms with E-state index in [1.807, 2.05) is 6.07 Å². The molecule has 11 heteroatoms. The first kappa shape index (κ1) is 22.7. The Morgan fingerprint density at radius 2 is 1.91 bits per heavy atom. The van der Waals surface area contributed by atoms with Gasteiger partial charge >= 0.3 is 6.09 Å². The first-order chi connectivity index (χ1) is 15.2. The fourth-order valence-electron chi connectivity index (χ4n) is 4.44. The average molecular weight is 481 g/mol. The molecule has 2 N–H and O–H groups in total. The van der Waals surface area contributed by atoms with E-state index in [1.165, 1.54) is 12.5 Å². The number of nitrogens with zero attached hydrogens (tertiary/aromatic N) is 3. The molecule has 3 aliphatic rings. The van der Waals surface area contributed by atoms with Gasteiger partial charge < -0.3 is 15.3 Å². The summed E-state index contributed by atoms with van der Waals surface area (Å²) >= 11 is 6.37. The van der Waals surface area contributed by atoms with Gasteiger partial charge in [0.1, 0.15) is 11.6 Å². The lowest BCUT2D eigenvalue weighted by Crippen LogP contribution is -2.49. The highest BCUT2D eigenvalue weighted by Gasteiger charge is 2.50. The first-order valence-corrected chi connectivity index (χ1v) is 12.6. The number of carbonyl (C=O) groups is 2. The molecule has 1 saturated carbocycles. The molecule has 2 aliphatic heterocycles. The van der Waals surface area contributed by atoms with E-state index in [-0.39, 0.29) is 22.9 Å². The van der Waals surface area contributed by atoms with E-state index in [4.69, 9.17) is 11.6 Å². The normalized spacial score (nSPS) is 24.6. The van der Waals surface area contributed by atoms with Crippen molar-refractivity contribution in [3.05, 3.63) is 23.2 Å². The van der Waals surface area contributed by atoms with Crippen LogP contribution in [0.5, 0.6) is 0 Å². The Balaban J connectivity index is 1.55. The Hall–Kier alpha value is -2.51. The molecule has 3 fully saturated rings. The molecule has 0 bridgehead atoms. The minimum Gasteiger partial charge on any atom is -0.465 e. The Kier molecular flexibility index (Phi) is 5.98. The zero-order valence-electron chi connectivity index (χ0n) is 17.5. The number of hydrogen-bond acceptors (Lipinski definition) is 6. The lowest BCUT2D eigenvalue weighted by atomic mass is 10.1. The number of benzene rings is 1. The molecule has 1 aromatic carbocycles. The standard InChI is InChI=1S/C21H25ClN4O5S/c22-16-10-14(25-8-2-1-3-9-25)4-5-18(16)32(30,31)15-11-17(26(12-15)20(28)29)19(27)24-21(13-23)6-7-21/h4-5,10,15,17H,1-3,6-9,11-12H2,(H,24,27)(H,28,29)/t15-,17+/m1/s1. The second-order valence-corrected chi connectivity index (χ2v) is 11.3. The van der Waals surface area contributed by atoms with Crippen LogP contribution in [0, 0.1) is 11.3 Å². The van der Waals surface area contributed by atoms with Gasteiger partial charge in [-0.2, -0.15) is 5.26 Å². The third kappa shape index (κ3) is 4.24. The van der Waals surface area contributed by atoms with Crippen LogP contribution in [0.3, 0.4) is 0 Å². The maximum atomic E-state index is 13.3. The van der Waals surface area contributed by atoms with Crippen molar-refractivity contribution in [2.24, 2.45) is 0 Å². The molecule has 4 rings (SSSR count). The maximum absolute atomic E-state index is 13.3. The monoisotopic (exact) mass is 480 g/mol. The summed E-state index contributed by atoms with van der Waals surface area (Å²) in [4.78, 5) is 27.3. The number of amides is 2. The zero-order valence-corrected chi connectivity index (χ0v) is 19.0. The SMILES string of the molecule is N#CC1(NC(=O)[C@@H]2C[C@@H](S(=O)(=O)c3ccc(N4CCCCC4)cc3Cl)CN2C(=O)O)CC1. The fourth-order valence-corrected chi connectivity index (χ4v) is 6.68. The zero-order chi connectivity index (χ0) is 23.1. The molecule has 32 heavy (non-hydrogen) atoms. The minimum absolute atomic E-state index is 0.0630. The summed E-state index contributed by atoms with van der Waals surface area (Å²) in [6.07, 6.45) is 2.74. The number of carboxylic acid groups (broad SMARTS) is 1. The molecule has 0 spiro atoms. The van der Waals surface area contributed by atoms with Crippen molar-refractivity contribution >= 4 is 39.1 Å². The van der Waals surface area contributed by atoms with Crippen molar-refractivity contribution in [3.8, 4) is 6.07 Å². The van der Waals surface area contributed by atoms with Crippen molar-refractivity contribution < 1.29 is 23.1 Å². The van der Waals surface area contributed by atoms with E-state index in [1.54, 1.807) is 12.1 Å². The second-order valence-electron chi connectivity index (χ2n) is 8.70. The molecule has 2 atom stereocenters. The number of piperidine rings is 1. The summed E-state index contributed by atoms with van der Waals surface area (Å²) in [7, 11) is -3.98. The van der Waals surface area contributed by atoms with Crippen LogP contribution in [0.25, 0.3) is 0 Å². The number of halogens is 1. The minimum atomic E-state index is -3.98. The summed E-state index contributed by atoms with van der Waals surface area (Å²) in [5, 5.41) is 20.3. The van der Waals surface area contributed by atoms with Gasteiger partial charge in [0.05, 0.1) is 21.2 Å². The molecular weight excluding hydrogens is 456 g/mol. The smallest absolute Gasteiger partial charge is 0.408 e. The van der Waals surface area contributed by atoms with Crippen LogP contribution >= 0.6 is 11.6 Å². The lowest BCUT2D eigenvalue weighted by molar-refractivity contribution is -0.125. The molecule has 9 nitrogen and oxygen atoms in total. The van der Waals surface area contributed by atoms with Crippen LogP contribution in [0.1, 0.15) is 38.5 Å². The maximum Gasteiger partial charge on any atom is 0.408 e. The molecule has 0 radical (unpaired) electrons. The van der Waals surface area contributed by atoms with E-state index in [9.17, 15) is 28.4 Å². The van der Waals surface area contributed by atoms with Crippen LogP contribution in [0.2, 0.25) is 5.02 Å². The van der Waals surface area contributed by atoms with Gasteiger partial charge in [0.15, 0.2) is 9.84 Å². The van der Waals surface area contributed by atoms with Crippen LogP contribution in [-0.2, 0) is 14.6 Å². The van der Waals surface area contributed by atoms with E-state index in [2.05, 4.69) is 10.2 Å². The number of nitrogens with one attached hydrogen (secondary N) is 1. The number of anilines is 1. The summed E-state index contributed by atoms with van der Waals surface area (Å²) in [6.45, 7) is 1.44. The topological polar surface area (TPSA) is 131 Å². The Labute approximate surface area is 191 Å². The molecule has 1 aliphatic carbocycles. The van der Waals surface area contributed by atoms with E-state index < -0.39 is 38.7 Å². The van der Waals surface area contributed by atoms with E-state index in [0.717, 1.165) is 36.5 Å². The van der Waals surface area contributed by atoms with Crippen molar-refractivity contribution in [1.29, 1.82) is 5.26 Å². The number of nitriles is 1. The highest BCUT2D eigenvalue weighted by atomic mass is 35.5. The average Bonchev–Trinajstić information content (AvgIpc) is 3.38. The Morgan fingerprint density at radius 1 is 1.22 bits per heavy atom. The quantitative estimate of drug-likeness (QED) is 0.661. The molecular formula is C21H25ClN4O5S. The van der Waals surface area contributed by atoms with Gasteiger partial charge in [-0.15, -0.1) is 0 Å². The molecule has 172 valence electrons. The van der Waals surface area contributed by atoms with Crippen molar-refractivity contribution in [3.63, 3.8) is 0 Å². The van der Waals surface area contributed by atoms with Crippen LogP contribution < -0.4 is 10.2 Å². The largest absolute Gasteiger partial charge is 0.465 e. The van der Waals surface area contributed by atoms with Gasteiger partial charge in [0.2, 0.25) is 5.91 Å². The highest BCUT2D eigenvalue weighted by molar-refractivity contribution is 7.92. The summed E-state index contributed by atoms with van der Waals surface area (Å²) in [5.41, 5.74) is -0.109. The molecule has 2 heterocycles. The van der Waals surface area contributed by atoms with Crippen LogP contribution in [0.15, 0.2) is 23.1 Å². The molecule has 2 amide bonds. The number of carbonyl (C=O) groups excluding carboxylic acids is 1. The second kappa shape index (κ2) is 8.45. The van der Waals surface area contributed by atoms with Gasteiger partial charge in [0.25, 0.3) is 0 Å². The summed E-state index contributed by atoms with van der Waals surface area (Å²) in [5.74, 6) is -0.643. The fraction of sp³-hybridized carbons (Fsp3) is 0.571. The Bertz CT molecular complexity index is 1080. The van der Waals surface area contributed by atoms with Gasteiger partial charge in [-0.05, 0) is 56.7 Å². The summed E-state index contributed by atoms with van der Waals surface area (Å²) < 4.78 is 26.7. The van der Waals surface area contributed by atoms with E-state index in [0.29, 0.717) is 12.8 Å². The molecule has 0 aromatic heterocycles. The van der Waals surface area contributed by atoms with Crippen molar-refractivity contribution in [2.45, 2.75) is 60.3 Å². The predicted molar refractivity (Wildman–Crippen MR) is 117 cm³/mol. The van der Waals surface area contributed by atoms with Crippen LogP contribution in [-0.4, -0.2) is 66.9 Å². The third-order valence-electron chi connectivity index (χ3n) is 6.52. The molecule has 0 unspecified atom stereocenters. The number of rotatable bonds is 5. The number of hydrogen-bond donors (Lipinski definition) is 2. The van der Waals surface area contributed by atoms with Gasteiger partial charge in [0, 0.05) is 25.3 Å². The molecule has 1 aromatic rings. The van der Waals surface area contributed by atoms with E-state index >= 15 is 0 Å². The highest BCUT2D eigenvalue weighted by Crippen LogP contribution is 2.37. The van der Waals surface area contributed by atoms with Crippen molar-refractivity contribution in [2.75, 3.05) is 24.5 Å². The van der Waals surface area contributed by atoms with Gasteiger partial charge in [-0.3, -0.25) is 9.69 Å². The summed E-state index contributed by atoms with van der Waals surface area (Å²) in [6, 6.07) is 5.67. The Morgan fingerprint density at radius 3 is 2.47 bits per heavy atom. The number of likely N-dealkylation sites (tertiary alicyclic amines) is 1. The van der Waals surface area contributed by atoms with Gasteiger partial charge in [-0.1, -0.05) is 11.6 Å². The van der Waals surface area contributed by atoms with Crippen LogP contribution in [0.4, 0.5) is 10.5 Å². The number of sulfone groups is 1. The third-order valence-corrected chi connectivity index (χ3v) is 9.13. The first-order valence-electron chi connectivity index (χ1n) is 10.7. The lowest BCUT2D eigenvalue weighted by Gasteiger charge is -2.29. The van der Waals surface area contributed by atoms with Crippen molar-refractivity contribution in [1.82, 2.24) is 10.2 Å². The predicted octanol–water partition coefficient (Wildman–Crippen LogP) is 2.40. The van der Waals surface area contributed by atoms with Gasteiger partial charge in [-0.25, -0.2) is 13.2 Å². The molecule has 2 saturated heterocycles.